The average molecular weight is 760 g/mol. The summed E-state index contributed by atoms with van der Waals surface area (Å²) in [4.78, 5) is 52.6. The molecule has 56 heavy (non-hydrogen) atoms. The summed E-state index contributed by atoms with van der Waals surface area (Å²) in [5.41, 5.74) is 6.37. The van der Waals surface area contributed by atoms with Crippen molar-refractivity contribution in [3.8, 4) is 16.9 Å². The average Bonchev–Trinajstić information content (AvgIpc) is 3.54. The van der Waals surface area contributed by atoms with E-state index in [-0.39, 0.29) is 56.8 Å². The molecule has 11 heteroatoms. The van der Waals surface area contributed by atoms with Gasteiger partial charge >= 0.3 is 12.1 Å². The Morgan fingerprint density at radius 2 is 1.55 bits per heavy atom. The predicted molar refractivity (Wildman–Crippen MR) is 212 cm³/mol. The minimum Gasteiger partial charge on any atom is -0.489 e. The lowest BCUT2D eigenvalue weighted by molar-refractivity contribution is -0.151. The molecule has 1 heterocycles. The Labute approximate surface area is 327 Å². The fourth-order valence-corrected chi connectivity index (χ4v) is 7.09. The number of aliphatic hydroxyl groups is 1. The fraction of sp³-hybridized carbons (Fsp3) is 0.333. The van der Waals surface area contributed by atoms with Crippen LogP contribution in [0.4, 0.5) is 4.79 Å². The number of allylic oxidation sites excluding steroid dienone is 2. The van der Waals surface area contributed by atoms with Crippen LogP contribution in [-0.4, -0.2) is 66.9 Å². The highest BCUT2D eigenvalue weighted by molar-refractivity contribution is 5.86. The first-order valence-electron chi connectivity index (χ1n) is 19.2. The molecule has 6 rings (SSSR count). The molecule has 0 bridgehead atoms. The molecular weight excluding hydrogens is 711 g/mol. The Hall–Kier alpha value is -5.94. The van der Waals surface area contributed by atoms with Crippen molar-refractivity contribution in [1.29, 1.82) is 0 Å². The molecule has 11 nitrogen and oxygen atoms in total. The summed E-state index contributed by atoms with van der Waals surface area (Å²) in [6.45, 7) is 1.95. The maximum atomic E-state index is 13.2. The zero-order valence-electron chi connectivity index (χ0n) is 31.5. The Morgan fingerprint density at radius 3 is 2.25 bits per heavy atom. The summed E-state index contributed by atoms with van der Waals surface area (Å²) in [7, 11) is 0. The molecule has 4 aromatic carbocycles. The van der Waals surface area contributed by atoms with Crippen LogP contribution in [0.15, 0.2) is 115 Å². The minimum atomic E-state index is -0.968. The van der Waals surface area contributed by atoms with Crippen molar-refractivity contribution in [2.24, 2.45) is 5.92 Å². The number of hydrogen-bond donors (Lipinski definition) is 4. The van der Waals surface area contributed by atoms with Crippen LogP contribution in [-0.2, 0) is 36.9 Å². The number of ether oxygens (including phenoxy) is 3. The molecule has 2 aliphatic rings. The van der Waals surface area contributed by atoms with Gasteiger partial charge in [0.25, 0.3) is 0 Å². The van der Waals surface area contributed by atoms with E-state index in [1.165, 1.54) is 0 Å². The molecule has 0 aromatic heterocycles. The molecule has 0 saturated carbocycles. The number of benzene rings is 4. The summed E-state index contributed by atoms with van der Waals surface area (Å²) in [5.74, 6) is -1.45. The molecule has 1 aliphatic carbocycles. The number of amides is 3. The van der Waals surface area contributed by atoms with E-state index in [1.54, 1.807) is 13.0 Å². The Kier molecular flexibility index (Phi) is 13.9. The lowest BCUT2D eigenvalue weighted by Crippen LogP contribution is -2.45. The third-order valence-electron chi connectivity index (χ3n) is 10.1. The molecule has 0 radical (unpaired) electrons. The molecule has 4 unspecified atom stereocenters. The highest BCUT2D eigenvalue weighted by atomic mass is 16.6. The standard InChI is InChI=1S/C45H49N3O8/c1-30-26-46-43(51)33(25-42(50)47-34(27-49)24-31-20-22-35(23-21-31)54-28-32-12-4-2-5-13-32)14-6-3-7-19-41(44(52)56-30)48-45(53)55-29-40-38-17-10-8-15-36(38)37-16-9-11-18-39(37)40/h2-6,8-13,15-18,20-23,30,33-34,40-41,49H,7,14,19,24-29H2,1H3,(H,46,51)(H,47,50)(H,48,53). The first kappa shape index (κ1) is 39.7. The van der Waals surface area contributed by atoms with Gasteiger partial charge in [-0.2, -0.15) is 0 Å². The number of fused-ring (bicyclic) bond motifs is 3. The zero-order chi connectivity index (χ0) is 39.3. The van der Waals surface area contributed by atoms with Gasteiger partial charge in [0.1, 0.15) is 31.1 Å². The third-order valence-corrected chi connectivity index (χ3v) is 10.1. The van der Waals surface area contributed by atoms with Gasteiger partial charge in [-0.25, -0.2) is 9.59 Å². The van der Waals surface area contributed by atoms with E-state index in [2.05, 4.69) is 28.1 Å². The number of hydrogen-bond acceptors (Lipinski definition) is 8. The second-order valence-corrected chi connectivity index (χ2v) is 14.3. The smallest absolute Gasteiger partial charge is 0.407 e. The quantitative estimate of drug-likeness (QED) is 0.102. The molecule has 0 fully saturated rings. The number of rotatable bonds is 12. The second-order valence-electron chi connectivity index (χ2n) is 14.3. The zero-order valence-corrected chi connectivity index (χ0v) is 31.5. The van der Waals surface area contributed by atoms with Crippen LogP contribution in [0.2, 0.25) is 0 Å². The lowest BCUT2D eigenvalue weighted by Gasteiger charge is -2.22. The van der Waals surface area contributed by atoms with E-state index in [0.29, 0.717) is 25.2 Å². The van der Waals surface area contributed by atoms with Gasteiger partial charge in [-0.1, -0.05) is 103 Å². The predicted octanol–water partition coefficient (Wildman–Crippen LogP) is 5.99. The normalized spacial score (nSPS) is 19.1. The van der Waals surface area contributed by atoms with Crippen molar-refractivity contribution in [2.45, 2.75) is 69.7 Å². The number of carbonyl (C=O) groups is 4. The van der Waals surface area contributed by atoms with Crippen LogP contribution in [0.5, 0.6) is 5.75 Å². The molecule has 0 spiro atoms. The van der Waals surface area contributed by atoms with E-state index >= 15 is 0 Å². The van der Waals surface area contributed by atoms with Gasteiger partial charge in [-0.3, -0.25) is 9.59 Å². The third kappa shape index (κ3) is 10.8. The van der Waals surface area contributed by atoms with Crippen molar-refractivity contribution < 1.29 is 38.5 Å². The SMILES string of the molecule is CC1CNC(=O)C(CC(=O)NC(CO)Cc2ccc(OCc3ccccc3)cc2)CC=CCCC(NC(=O)OCC2c3ccccc3-c3ccccc32)C(=O)O1. The van der Waals surface area contributed by atoms with E-state index in [9.17, 15) is 24.3 Å². The van der Waals surface area contributed by atoms with Crippen LogP contribution in [0.25, 0.3) is 11.1 Å². The first-order valence-corrected chi connectivity index (χ1v) is 19.2. The maximum Gasteiger partial charge on any atom is 0.407 e. The van der Waals surface area contributed by atoms with Crippen LogP contribution < -0.4 is 20.7 Å². The lowest BCUT2D eigenvalue weighted by atomic mass is 9.98. The molecule has 1 aliphatic heterocycles. The summed E-state index contributed by atoms with van der Waals surface area (Å²) < 4.78 is 17.2. The number of aliphatic hydroxyl groups excluding tert-OH is 1. The topological polar surface area (TPSA) is 152 Å². The van der Waals surface area contributed by atoms with Crippen LogP contribution in [0, 0.1) is 5.92 Å². The number of alkyl carbamates (subject to hydrolysis) is 1. The van der Waals surface area contributed by atoms with Crippen LogP contribution in [0.1, 0.15) is 60.8 Å². The molecule has 0 saturated heterocycles. The van der Waals surface area contributed by atoms with Gasteiger partial charge in [0, 0.05) is 12.3 Å². The number of nitrogens with one attached hydrogen (secondary N) is 3. The maximum absolute atomic E-state index is 13.2. The number of cyclic esters (lactones) is 1. The van der Waals surface area contributed by atoms with Gasteiger partial charge in [-0.05, 0) is 78.1 Å². The molecular formula is C45H49N3O8. The fourth-order valence-electron chi connectivity index (χ4n) is 7.09. The summed E-state index contributed by atoms with van der Waals surface area (Å²) in [6.07, 6.45) is 3.43. The second kappa shape index (κ2) is 19.6. The molecule has 4 atom stereocenters. The van der Waals surface area contributed by atoms with E-state index in [4.69, 9.17) is 14.2 Å². The Morgan fingerprint density at radius 1 is 0.875 bits per heavy atom. The highest BCUT2D eigenvalue weighted by Gasteiger charge is 2.31. The van der Waals surface area contributed by atoms with Crippen LogP contribution >= 0.6 is 0 Å². The summed E-state index contributed by atoms with van der Waals surface area (Å²) >= 11 is 0. The number of carbonyl (C=O) groups excluding carboxylic acids is 4. The Bertz CT molecular complexity index is 1940. The van der Waals surface area contributed by atoms with Crippen molar-refractivity contribution in [1.82, 2.24) is 16.0 Å². The minimum absolute atomic E-state index is 0.0222. The summed E-state index contributed by atoms with van der Waals surface area (Å²) in [6, 6.07) is 32.0. The van der Waals surface area contributed by atoms with Crippen molar-refractivity contribution in [3.05, 3.63) is 138 Å². The molecule has 4 aromatic rings. The van der Waals surface area contributed by atoms with Gasteiger partial charge in [0.2, 0.25) is 11.8 Å². The van der Waals surface area contributed by atoms with Crippen molar-refractivity contribution in [2.75, 3.05) is 19.8 Å². The largest absolute Gasteiger partial charge is 0.489 e. The number of esters is 1. The van der Waals surface area contributed by atoms with Gasteiger partial charge in [0.05, 0.1) is 25.1 Å². The van der Waals surface area contributed by atoms with Gasteiger partial charge in [-0.15, -0.1) is 0 Å². The summed E-state index contributed by atoms with van der Waals surface area (Å²) in [5, 5.41) is 18.4. The van der Waals surface area contributed by atoms with Crippen molar-refractivity contribution in [3.63, 3.8) is 0 Å². The monoisotopic (exact) mass is 759 g/mol. The van der Waals surface area contributed by atoms with Gasteiger partial charge in [0.15, 0.2) is 0 Å². The molecule has 292 valence electrons. The van der Waals surface area contributed by atoms with E-state index in [1.807, 2.05) is 97.1 Å². The highest BCUT2D eigenvalue weighted by Crippen LogP contribution is 2.44. The van der Waals surface area contributed by atoms with Crippen molar-refractivity contribution >= 4 is 23.9 Å². The van der Waals surface area contributed by atoms with Gasteiger partial charge < -0.3 is 35.3 Å². The molecule has 4 N–H and O–H groups in total. The van der Waals surface area contributed by atoms with Crippen LogP contribution in [0.3, 0.4) is 0 Å². The van der Waals surface area contributed by atoms with E-state index < -0.39 is 36.2 Å². The van der Waals surface area contributed by atoms with E-state index in [0.717, 1.165) is 33.4 Å². The Balaban J connectivity index is 0.990. The first-order chi connectivity index (χ1) is 27.3. The molecule has 3 amide bonds.